The number of nitrogens with zero attached hydrogens (tertiary/aromatic N) is 2. The molecule has 1 atom stereocenters. The molecule has 0 aliphatic heterocycles. The Bertz CT molecular complexity index is 590. The van der Waals surface area contributed by atoms with Gasteiger partial charge in [0.15, 0.2) is 0 Å². The van der Waals surface area contributed by atoms with E-state index in [0.29, 0.717) is 23.6 Å². The van der Waals surface area contributed by atoms with Gasteiger partial charge in [0.1, 0.15) is 5.82 Å². The third-order valence-corrected chi connectivity index (χ3v) is 3.96. The molecule has 2 aromatic rings. The largest absolute Gasteiger partial charge is 0.388 e. The van der Waals surface area contributed by atoms with Gasteiger partial charge in [0.05, 0.1) is 17.8 Å². The summed E-state index contributed by atoms with van der Waals surface area (Å²) in [5, 5.41) is 14.8. The molecule has 1 aromatic carbocycles. The van der Waals surface area contributed by atoms with Crippen molar-refractivity contribution in [3.8, 4) is 0 Å². The number of hydrogen-bond acceptors (Lipinski definition) is 2. The zero-order chi connectivity index (χ0) is 15.4. The number of rotatable bonds is 6. The van der Waals surface area contributed by atoms with Crippen LogP contribution in [0.15, 0.2) is 30.5 Å². The summed E-state index contributed by atoms with van der Waals surface area (Å²) in [4.78, 5) is 0. The number of hydrogen-bond donors (Lipinski definition) is 1. The van der Waals surface area contributed by atoms with Crippen molar-refractivity contribution in [2.24, 2.45) is 0 Å². The molecule has 1 heterocycles. The summed E-state index contributed by atoms with van der Waals surface area (Å²) in [7, 11) is 0. The lowest BCUT2D eigenvalue weighted by molar-refractivity contribution is 0.176. The molecule has 21 heavy (non-hydrogen) atoms. The Balaban J connectivity index is 2.08. The van der Waals surface area contributed by atoms with Crippen LogP contribution in [0.5, 0.6) is 0 Å². The fourth-order valence-electron chi connectivity index (χ4n) is 2.48. The first kappa shape index (κ1) is 15.7. The molecular formula is C17H23FN2O. The molecule has 0 saturated heterocycles. The Labute approximate surface area is 125 Å². The van der Waals surface area contributed by atoms with Gasteiger partial charge in [-0.1, -0.05) is 26.0 Å². The number of halogens is 1. The average Bonchev–Trinajstić information content (AvgIpc) is 2.91. The molecule has 3 nitrogen and oxygen atoms in total. The topological polar surface area (TPSA) is 38.0 Å². The van der Waals surface area contributed by atoms with Crippen molar-refractivity contribution in [3.05, 3.63) is 53.1 Å². The van der Waals surface area contributed by atoms with Gasteiger partial charge in [-0.2, -0.15) is 5.10 Å². The van der Waals surface area contributed by atoms with Gasteiger partial charge in [-0.15, -0.1) is 0 Å². The van der Waals surface area contributed by atoms with Crippen LogP contribution in [0.25, 0.3) is 0 Å². The molecular weight excluding hydrogens is 267 g/mol. The average molecular weight is 290 g/mol. The van der Waals surface area contributed by atoms with Crippen molar-refractivity contribution in [1.29, 1.82) is 0 Å². The fourth-order valence-corrected chi connectivity index (χ4v) is 2.48. The van der Waals surface area contributed by atoms with Gasteiger partial charge < -0.3 is 5.11 Å². The zero-order valence-corrected chi connectivity index (χ0v) is 12.9. The molecule has 1 aromatic heterocycles. The van der Waals surface area contributed by atoms with Crippen LogP contribution in [0.3, 0.4) is 0 Å². The Morgan fingerprint density at radius 1 is 1.24 bits per heavy atom. The van der Waals surface area contributed by atoms with E-state index in [0.717, 1.165) is 18.5 Å². The van der Waals surface area contributed by atoms with E-state index in [-0.39, 0.29) is 5.82 Å². The quantitative estimate of drug-likeness (QED) is 0.874. The minimum absolute atomic E-state index is 0.283. The van der Waals surface area contributed by atoms with Gasteiger partial charge in [0, 0.05) is 12.6 Å². The number of aliphatic hydroxyl groups is 1. The summed E-state index contributed by atoms with van der Waals surface area (Å²) in [5.41, 5.74) is 2.01. The molecule has 2 rings (SSSR count). The van der Waals surface area contributed by atoms with Gasteiger partial charge >= 0.3 is 0 Å². The minimum atomic E-state index is -0.731. The van der Waals surface area contributed by atoms with E-state index >= 15 is 0 Å². The molecule has 0 aliphatic carbocycles. The summed E-state index contributed by atoms with van der Waals surface area (Å²) in [6.07, 6.45) is 3.68. The first-order valence-corrected chi connectivity index (χ1v) is 7.53. The van der Waals surface area contributed by atoms with E-state index in [1.54, 1.807) is 19.1 Å². The number of aliphatic hydroxyl groups excluding tert-OH is 1. The van der Waals surface area contributed by atoms with Crippen LogP contribution in [-0.4, -0.2) is 14.9 Å². The van der Waals surface area contributed by atoms with Gasteiger partial charge in [-0.05, 0) is 43.0 Å². The number of aromatic nitrogens is 2. The zero-order valence-electron chi connectivity index (χ0n) is 12.9. The number of aryl methyl sites for hydroxylation is 1. The summed E-state index contributed by atoms with van der Waals surface area (Å²) in [6, 6.07) is 7.18. The molecule has 0 radical (unpaired) electrons. The highest BCUT2D eigenvalue weighted by molar-refractivity contribution is 5.25. The van der Waals surface area contributed by atoms with Gasteiger partial charge in [0.2, 0.25) is 0 Å². The maximum atomic E-state index is 13.5. The van der Waals surface area contributed by atoms with E-state index in [4.69, 9.17) is 0 Å². The molecule has 1 unspecified atom stereocenters. The fraction of sp³-hybridized carbons (Fsp3) is 0.471. The third kappa shape index (κ3) is 3.70. The Kier molecular flexibility index (Phi) is 5.12. The second kappa shape index (κ2) is 6.85. The van der Waals surface area contributed by atoms with Crippen LogP contribution in [0.2, 0.25) is 0 Å². The third-order valence-electron chi connectivity index (χ3n) is 3.96. The first-order chi connectivity index (χ1) is 10.0. The summed E-state index contributed by atoms with van der Waals surface area (Å²) < 4.78 is 15.5. The summed E-state index contributed by atoms with van der Waals surface area (Å²) in [5.74, 6) is -0.283. The molecule has 0 bridgehead atoms. The molecule has 0 amide bonds. The molecule has 4 heteroatoms. The maximum absolute atomic E-state index is 13.5. The minimum Gasteiger partial charge on any atom is -0.388 e. The second-order valence-corrected chi connectivity index (χ2v) is 5.49. The lowest BCUT2D eigenvalue weighted by Gasteiger charge is -2.13. The van der Waals surface area contributed by atoms with Crippen molar-refractivity contribution in [3.63, 3.8) is 0 Å². The van der Waals surface area contributed by atoms with Gasteiger partial charge in [0.25, 0.3) is 0 Å². The molecule has 0 aliphatic rings. The van der Waals surface area contributed by atoms with Crippen LogP contribution >= 0.6 is 0 Å². The number of benzene rings is 1. The molecule has 1 N–H and O–H groups in total. The van der Waals surface area contributed by atoms with E-state index in [2.05, 4.69) is 18.9 Å². The molecule has 0 saturated carbocycles. The van der Waals surface area contributed by atoms with Crippen molar-refractivity contribution < 1.29 is 9.50 Å². The van der Waals surface area contributed by atoms with Crippen LogP contribution in [0.4, 0.5) is 4.39 Å². The van der Waals surface area contributed by atoms with Crippen molar-refractivity contribution in [1.82, 2.24) is 9.78 Å². The summed E-state index contributed by atoms with van der Waals surface area (Å²) >= 11 is 0. The van der Waals surface area contributed by atoms with Crippen molar-refractivity contribution in [2.45, 2.75) is 52.2 Å². The maximum Gasteiger partial charge on any atom is 0.126 e. The standard InChI is InChI=1S/C17H23FN2O/c1-4-15(5-2)20-9-8-14(19-20)11-17(21)13-7-6-12(3)16(18)10-13/h6-10,15,17,21H,4-5,11H2,1-3H3. The van der Waals surface area contributed by atoms with Crippen molar-refractivity contribution in [2.75, 3.05) is 0 Å². The monoisotopic (exact) mass is 290 g/mol. The highest BCUT2D eigenvalue weighted by atomic mass is 19.1. The van der Waals surface area contributed by atoms with Crippen LogP contribution in [0.1, 0.15) is 55.7 Å². The highest BCUT2D eigenvalue weighted by Crippen LogP contribution is 2.21. The van der Waals surface area contributed by atoms with Crippen LogP contribution in [-0.2, 0) is 6.42 Å². The Hall–Kier alpha value is -1.68. The Morgan fingerprint density at radius 2 is 1.95 bits per heavy atom. The smallest absolute Gasteiger partial charge is 0.126 e. The normalized spacial score (nSPS) is 12.9. The summed E-state index contributed by atoms with van der Waals surface area (Å²) in [6.45, 7) is 5.99. The molecule has 0 spiro atoms. The van der Waals surface area contributed by atoms with Gasteiger partial charge in [-0.3, -0.25) is 4.68 Å². The van der Waals surface area contributed by atoms with Crippen LogP contribution < -0.4 is 0 Å². The van der Waals surface area contributed by atoms with Crippen LogP contribution in [0, 0.1) is 12.7 Å². The van der Waals surface area contributed by atoms with E-state index in [1.165, 1.54) is 6.07 Å². The van der Waals surface area contributed by atoms with E-state index in [1.807, 2.05) is 16.9 Å². The van der Waals surface area contributed by atoms with Gasteiger partial charge in [-0.25, -0.2) is 4.39 Å². The lowest BCUT2D eigenvalue weighted by Crippen LogP contribution is -2.09. The molecule has 114 valence electrons. The second-order valence-electron chi connectivity index (χ2n) is 5.49. The predicted octanol–water partition coefficient (Wildman–Crippen LogP) is 3.97. The Morgan fingerprint density at radius 3 is 2.57 bits per heavy atom. The predicted molar refractivity (Wildman–Crippen MR) is 81.6 cm³/mol. The van der Waals surface area contributed by atoms with E-state index in [9.17, 15) is 9.50 Å². The lowest BCUT2D eigenvalue weighted by atomic mass is 10.0. The van der Waals surface area contributed by atoms with E-state index < -0.39 is 6.10 Å². The SMILES string of the molecule is CCC(CC)n1ccc(CC(O)c2ccc(C)c(F)c2)n1. The van der Waals surface area contributed by atoms with Crippen molar-refractivity contribution >= 4 is 0 Å². The molecule has 0 fully saturated rings. The first-order valence-electron chi connectivity index (χ1n) is 7.53. The highest BCUT2D eigenvalue weighted by Gasteiger charge is 2.14.